The number of pyridine rings is 1. The number of nitrogens with zero attached hydrogens (tertiary/aromatic N) is 7. The molecular formula is C23H15Cl3N8O. The summed E-state index contributed by atoms with van der Waals surface area (Å²) in [5, 5.41) is 8.99. The van der Waals surface area contributed by atoms with Crippen molar-refractivity contribution in [3.05, 3.63) is 92.2 Å². The molecule has 35 heavy (non-hydrogen) atoms. The lowest BCUT2D eigenvalue weighted by atomic mass is 10.1. The Morgan fingerprint density at radius 3 is 2.69 bits per heavy atom. The minimum absolute atomic E-state index is 0.207. The zero-order chi connectivity index (χ0) is 24.1. The smallest absolute Gasteiger partial charge is 0.254 e. The number of aryl methyl sites for hydroxylation is 1. The molecule has 1 aromatic carbocycles. The molecule has 0 unspecified atom stereocenters. The van der Waals surface area contributed by atoms with Gasteiger partial charge in [-0.15, -0.1) is 5.10 Å². The van der Waals surface area contributed by atoms with Gasteiger partial charge in [-0.05, 0) is 36.8 Å². The van der Waals surface area contributed by atoms with E-state index in [0.29, 0.717) is 63.0 Å². The van der Waals surface area contributed by atoms with Crippen molar-refractivity contribution in [3.8, 4) is 28.3 Å². The molecule has 5 aromatic rings. The third kappa shape index (κ3) is 3.91. The fraction of sp³-hybridized carbons (Fsp3) is 0.130. The van der Waals surface area contributed by atoms with Crippen LogP contribution in [0.4, 0.5) is 0 Å². The molecule has 4 aromatic heterocycles. The summed E-state index contributed by atoms with van der Waals surface area (Å²) in [5.74, 6) is 1.23. The number of nitrogens with one attached hydrogen (secondary N) is 1. The Balaban J connectivity index is 1.42. The third-order valence-corrected chi connectivity index (χ3v) is 6.51. The van der Waals surface area contributed by atoms with E-state index in [4.69, 9.17) is 39.8 Å². The standard InChI is InChI=1S/C23H15Cl3N8O/c24-12-4-5-16(33-11-18(25)31-32-33)13(9-12)15-10-20(35)34-17(6-7-19(34)28-15)23-29-21(22(26)30-23)14-3-1-2-8-27-14/h1-5,8-11,17H,6-7H2,(H,29,30)/t17-/m0/s1. The highest BCUT2D eigenvalue weighted by Gasteiger charge is 2.30. The zero-order valence-corrected chi connectivity index (χ0v) is 20.1. The first-order valence-electron chi connectivity index (χ1n) is 10.7. The van der Waals surface area contributed by atoms with Crippen LogP contribution in [0.25, 0.3) is 28.3 Å². The predicted molar refractivity (Wildman–Crippen MR) is 132 cm³/mol. The van der Waals surface area contributed by atoms with Gasteiger partial charge in [0.25, 0.3) is 5.56 Å². The number of halogens is 3. The Morgan fingerprint density at radius 1 is 1.03 bits per heavy atom. The second-order valence-corrected chi connectivity index (χ2v) is 9.17. The molecule has 0 radical (unpaired) electrons. The van der Waals surface area contributed by atoms with Gasteiger partial charge in [-0.3, -0.25) is 14.3 Å². The molecule has 1 atom stereocenters. The second-order valence-electron chi connectivity index (χ2n) is 7.97. The van der Waals surface area contributed by atoms with Crippen molar-refractivity contribution in [2.24, 2.45) is 0 Å². The number of rotatable bonds is 4. The molecule has 0 saturated heterocycles. The van der Waals surface area contributed by atoms with Gasteiger partial charge in [-0.25, -0.2) is 14.6 Å². The number of imidazole rings is 1. The maximum absolute atomic E-state index is 13.3. The fourth-order valence-corrected chi connectivity index (χ4v) is 4.85. The molecular weight excluding hydrogens is 511 g/mol. The number of H-pyrrole nitrogens is 1. The first-order chi connectivity index (χ1) is 17.0. The van der Waals surface area contributed by atoms with Crippen LogP contribution in [-0.2, 0) is 6.42 Å². The quantitative estimate of drug-likeness (QED) is 0.362. The first kappa shape index (κ1) is 22.0. The molecule has 0 fully saturated rings. The van der Waals surface area contributed by atoms with Crippen LogP contribution in [-0.4, -0.2) is 39.5 Å². The molecule has 6 rings (SSSR count). The van der Waals surface area contributed by atoms with Crippen LogP contribution >= 0.6 is 34.8 Å². The maximum Gasteiger partial charge on any atom is 0.254 e. The van der Waals surface area contributed by atoms with Gasteiger partial charge in [0.1, 0.15) is 22.5 Å². The Kier molecular flexibility index (Phi) is 5.40. The van der Waals surface area contributed by atoms with Crippen molar-refractivity contribution in [1.82, 2.24) is 39.5 Å². The molecule has 0 amide bonds. The summed E-state index contributed by atoms with van der Waals surface area (Å²) in [4.78, 5) is 30.2. The van der Waals surface area contributed by atoms with E-state index in [1.54, 1.807) is 35.2 Å². The van der Waals surface area contributed by atoms with Crippen LogP contribution in [0.15, 0.2) is 59.7 Å². The monoisotopic (exact) mass is 524 g/mol. The largest absolute Gasteiger partial charge is 0.331 e. The minimum atomic E-state index is -0.318. The van der Waals surface area contributed by atoms with Crippen LogP contribution in [0.3, 0.4) is 0 Å². The van der Waals surface area contributed by atoms with E-state index < -0.39 is 0 Å². The van der Waals surface area contributed by atoms with Crippen molar-refractivity contribution >= 4 is 34.8 Å². The van der Waals surface area contributed by atoms with Crippen LogP contribution in [0.2, 0.25) is 15.3 Å². The first-order valence-corrected chi connectivity index (χ1v) is 11.8. The molecule has 0 bridgehead atoms. The highest BCUT2D eigenvalue weighted by atomic mass is 35.5. The lowest BCUT2D eigenvalue weighted by Crippen LogP contribution is -2.25. The molecule has 12 heteroatoms. The molecule has 0 aliphatic carbocycles. The van der Waals surface area contributed by atoms with E-state index in [2.05, 4.69) is 25.3 Å². The number of fused-ring (bicyclic) bond motifs is 1. The van der Waals surface area contributed by atoms with Gasteiger partial charge in [0.15, 0.2) is 5.15 Å². The van der Waals surface area contributed by atoms with E-state index in [1.165, 1.54) is 10.7 Å². The predicted octanol–water partition coefficient (Wildman–Crippen LogP) is 4.77. The Labute approximate surface area is 213 Å². The van der Waals surface area contributed by atoms with Gasteiger partial charge in [-0.1, -0.05) is 46.1 Å². The third-order valence-electron chi connectivity index (χ3n) is 5.83. The number of aromatic amines is 1. The zero-order valence-electron chi connectivity index (χ0n) is 17.9. The van der Waals surface area contributed by atoms with Gasteiger partial charge in [0.2, 0.25) is 0 Å². The maximum atomic E-state index is 13.3. The van der Waals surface area contributed by atoms with E-state index in [9.17, 15) is 4.79 Å². The van der Waals surface area contributed by atoms with E-state index >= 15 is 0 Å². The van der Waals surface area contributed by atoms with Crippen LogP contribution in [0.1, 0.15) is 24.1 Å². The van der Waals surface area contributed by atoms with Crippen molar-refractivity contribution in [2.75, 3.05) is 0 Å². The van der Waals surface area contributed by atoms with Crippen LogP contribution in [0.5, 0.6) is 0 Å². The Hall–Kier alpha value is -3.53. The van der Waals surface area contributed by atoms with Crippen LogP contribution < -0.4 is 5.56 Å². The van der Waals surface area contributed by atoms with E-state index in [-0.39, 0.29) is 16.8 Å². The number of hydrogen-bond acceptors (Lipinski definition) is 6. The van der Waals surface area contributed by atoms with Crippen molar-refractivity contribution in [2.45, 2.75) is 18.9 Å². The Bertz CT molecular complexity index is 1630. The summed E-state index contributed by atoms with van der Waals surface area (Å²) in [5.41, 5.74) is 2.77. The van der Waals surface area contributed by atoms with Gasteiger partial charge >= 0.3 is 0 Å². The SMILES string of the molecule is O=c1cc(-c2cc(Cl)ccc2-n2cc(Cl)nn2)nc2n1[C@H](c1nc(-c3ccccn3)c(Cl)[nH]1)CC2. The molecule has 0 saturated carbocycles. The van der Waals surface area contributed by atoms with Crippen LogP contribution in [0, 0.1) is 0 Å². The molecule has 1 aliphatic heterocycles. The summed E-state index contributed by atoms with van der Waals surface area (Å²) in [6, 6.07) is 11.9. The molecule has 5 heterocycles. The molecule has 1 aliphatic rings. The van der Waals surface area contributed by atoms with Gasteiger partial charge in [0, 0.05) is 29.3 Å². The molecule has 1 N–H and O–H groups in total. The van der Waals surface area contributed by atoms with Gasteiger partial charge in [-0.2, -0.15) is 0 Å². The molecule has 174 valence electrons. The van der Waals surface area contributed by atoms with E-state index in [1.807, 2.05) is 18.2 Å². The topological polar surface area (TPSA) is 107 Å². The minimum Gasteiger partial charge on any atom is -0.331 e. The number of aromatic nitrogens is 8. The summed E-state index contributed by atoms with van der Waals surface area (Å²) in [6.07, 6.45) is 4.50. The Morgan fingerprint density at radius 2 is 1.91 bits per heavy atom. The molecule has 9 nitrogen and oxygen atoms in total. The van der Waals surface area contributed by atoms with Gasteiger partial charge < -0.3 is 4.98 Å². The fourth-order valence-electron chi connectivity index (χ4n) is 4.31. The average Bonchev–Trinajstić information content (AvgIpc) is 3.58. The summed E-state index contributed by atoms with van der Waals surface area (Å²) >= 11 is 18.7. The summed E-state index contributed by atoms with van der Waals surface area (Å²) in [6.45, 7) is 0. The number of hydrogen-bond donors (Lipinski definition) is 1. The van der Waals surface area contributed by atoms with Gasteiger partial charge in [0.05, 0.1) is 29.3 Å². The van der Waals surface area contributed by atoms with Crippen molar-refractivity contribution in [3.63, 3.8) is 0 Å². The van der Waals surface area contributed by atoms with Crippen molar-refractivity contribution < 1.29 is 0 Å². The highest BCUT2D eigenvalue weighted by Crippen LogP contribution is 2.34. The second kappa shape index (κ2) is 8.60. The van der Waals surface area contributed by atoms with Crippen molar-refractivity contribution in [1.29, 1.82) is 0 Å². The average molecular weight is 526 g/mol. The van der Waals surface area contributed by atoms with E-state index in [0.717, 1.165) is 0 Å². The molecule has 0 spiro atoms. The highest BCUT2D eigenvalue weighted by molar-refractivity contribution is 6.32. The lowest BCUT2D eigenvalue weighted by molar-refractivity contribution is 0.568. The summed E-state index contributed by atoms with van der Waals surface area (Å²) in [7, 11) is 0. The summed E-state index contributed by atoms with van der Waals surface area (Å²) < 4.78 is 3.17. The number of benzene rings is 1. The normalized spacial score (nSPS) is 14.9. The lowest BCUT2D eigenvalue weighted by Gasteiger charge is -2.14.